The molecule has 0 aliphatic carbocycles. The van der Waals surface area contributed by atoms with Crippen molar-refractivity contribution < 1.29 is 19.1 Å². The van der Waals surface area contributed by atoms with Crippen LogP contribution in [0.25, 0.3) is 0 Å². The lowest BCUT2D eigenvalue weighted by molar-refractivity contribution is -0.162. The largest absolute Gasteiger partial charge is 0.453 e. The lowest BCUT2D eigenvalue weighted by Gasteiger charge is -2.32. The number of nitrogens with two attached hydrogens (primary N) is 1. The van der Waals surface area contributed by atoms with Crippen molar-refractivity contribution in [1.82, 2.24) is 10.6 Å². The van der Waals surface area contributed by atoms with Gasteiger partial charge in [-0.3, -0.25) is 9.59 Å². The SMILES string of the molecule is C[C@@]1(OC(=O)CC[C@@H](N)C(=O)O[C@]2(C)CNCCc3ccc(Cl)cc32)CNCCc2ccc(Cl)cc21. The fourth-order valence-electron chi connectivity index (χ4n) is 4.98. The van der Waals surface area contributed by atoms with E-state index in [2.05, 4.69) is 10.6 Å². The normalized spacial score (nSPS) is 24.5. The fourth-order valence-corrected chi connectivity index (χ4v) is 5.33. The van der Waals surface area contributed by atoms with Gasteiger partial charge >= 0.3 is 11.9 Å². The van der Waals surface area contributed by atoms with Crippen LogP contribution in [0, 0.1) is 0 Å². The molecule has 7 nitrogen and oxygen atoms in total. The van der Waals surface area contributed by atoms with E-state index in [1.54, 1.807) is 0 Å². The standard InChI is InChI=1S/C27H33Cl2N3O4/c1-26(15-31-11-9-17-3-5-19(28)13-21(17)26)35-24(33)8-7-23(30)25(34)36-27(2)16-32-12-10-18-4-6-20(29)14-22(18)27/h3-6,13-14,23,31-32H,7-12,15-16,30H2,1-2H3/t23-,26-,27-/m1/s1. The fraction of sp³-hybridized carbons (Fsp3) is 0.481. The van der Waals surface area contributed by atoms with Crippen LogP contribution in [0.4, 0.5) is 0 Å². The summed E-state index contributed by atoms with van der Waals surface area (Å²) < 4.78 is 11.8. The van der Waals surface area contributed by atoms with Crippen LogP contribution in [-0.4, -0.2) is 44.2 Å². The second-order valence-electron chi connectivity index (χ2n) is 9.96. The molecular weight excluding hydrogens is 501 g/mol. The van der Waals surface area contributed by atoms with Crippen molar-refractivity contribution in [2.45, 2.75) is 56.8 Å². The van der Waals surface area contributed by atoms with E-state index in [0.29, 0.717) is 23.1 Å². The zero-order chi connectivity index (χ0) is 25.9. The Hall–Kier alpha value is -2.16. The Labute approximate surface area is 222 Å². The van der Waals surface area contributed by atoms with Crippen LogP contribution in [0.5, 0.6) is 0 Å². The van der Waals surface area contributed by atoms with E-state index in [1.807, 2.05) is 50.2 Å². The molecule has 0 saturated carbocycles. The van der Waals surface area contributed by atoms with Gasteiger partial charge in [0.2, 0.25) is 0 Å². The van der Waals surface area contributed by atoms with Gasteiger partial charge in [-0.1, -0.05) is 35.3 Å². The molecule has 4 rings (SSSR count). The molecule has 0 saturated heterocycles. The van der Waals surface area contributed by atoms with Crippen LogP contribution in [0.1, 0.15) is 48.9 Å². The van der Waals surface area contributed by atoms with Crippen molar-refractivity contribution in [2.24, 2.45) is 5.73 Å². The predicted molar refractivity (Wildman–Crippen MR) is 140 cm³/mol. The summed E-state index contributed by atoms with van der Waals surface area (Å²) >= 11 is 12.5. The van der Waals surface area contributed by atoms with Gasteiger partial charge in [0.15, 0.2) is 0 Å². The maximum Gasteiger partial charge on any atom is 0.323 e. The summed E-state index contributed by atoms with van der Waals surface area (Å²) in [4.78, 5) is 25.8. The monoisotopic (exact) mass is 533 g/mol. The van der Waals surface area contributed by atoms with E-state index in [0.717, 1.165) is 48.2 Å². The third kappa shape index (κ3) is 6.03. The first-order valence-corrected chi connectivity index (χ1v) is 13.0. The minimum atomic E-state index is -0.970. The third-order valence-corrected chi connectivity index (χ3v) is 7.45. The number of rotatable bonds is 6. The highest BCUT2D eigenvalue weighted by Crippen LogP contribution is 2.34. The molecule has 0 radical (unpaired) electrons. The molecule has 2 aromatic rings. The van der Waals surface area contributed by atoms with Gasteiger partial charge in [0, 0.05) is 40.7 Å². The topological polar surface area (TPSA) is 103 Å². The van der Waals surface area contributed by atoms with Crippen molar-refractivity contribution in [3.8, 4) is 0 Å². The van der Waals surface area contributed by atoms with Gasteiger partial charge < -0.3 is 25.8 Å². The highest BCUT2D eigenvalue weighted by molar-refractivity contribution is 6.31. The molecular formula is C27H33Cl2N3O4. The zero-order valence-corrected chi connectivity index (χ0v) is 22.2. The summed E-state index contributed by atoms with van der Waals surface area (Å²) in [5, 5.41) is 7.81. The Balaban J connectivity index is 1.39. The van der Waals surface area contributed by atoms with Gasteiger partial charge in [-0.25, -0.2) is 0 Å². The summed E-state index contributed by atoms with van der Waals surface area (Å²) in [7, 11) is 0. The quantitative estimate of drug-likeness (QED) is 0.487. The first-order valence-electron chi connectivity index (χ1n) is 12.3. The molecule has 36 heavy (non-hydrogen) atoms. The second kappa shape index (κ2) is 11.1. The molecule has 2 aliphatic heterocycles. The molecule has 4 N–H and O–H groups in total. The van der Waals surface area contributed by atoms with Crippen LogP contribution in [0.2, 0.25) is 10.0 Å². The van der Waals surface area contributed by atoms with Crippen molar-refractivity contribution in [3.63, 3.8) is 0 Å². The Morgan fingerprint density at radius 2 is 1.42 bits per heavy atom. The molecule has 0 bridgehead atoms. The minimum absolute atomic E-state index is 0.0147. The van der Waals surface area contributed by atoms with E-state index < -0.39 is 29.2 Å². The van der Waals surface area contributed by atoms with E-state index in [4.69, 9.17) is 38.4 Å². The molecule has 9 heteroatoms. The lowest BCUT2D eigenvalue weighted by Crippen LogP contribution is -2.44. The smallest absolute Gasteiger partial charge is 0.323 e. The number of fused-ring (bicyclic) bond motifs is 2. The molecule has 0 unspecified atom stereocenters. The molecule has 194 valence electrons. The highest BCUT2D eigenvalue weighted by atomic mass is 35.5. The Morgan fingerprint density at radius 1 is 0.917 bits per heavy atom. The van der Waals surface area contributed by atoms with Crippen molar-refractivity contribution >= 4 is 35.1 Å². The number of carbonyl (C=O) groups excluding carboxylic acids is 2. The summed E-state index contributed by atoms with van der Waals surface area (Å²) in [6, 6.07) is 10.3. The number of hydrogen-bond donors (Lipinski definition) is 3. The maximum absolute atomic E-state index is 13.0. The molecule has 0 aromatic heterocycles. The van der Waals surface area contributed by atoms with Gasteiger partial charge in [-0.15, -0.1) is 0 Å². The van der Waals surface area contributed by atoms with Crippen LogP contribution in [-0.2, 0) is 43.1 Å². The zero-order valence-electron chi connectivity index (χ0n) is 20.7. The van der Waals surface area contributed by atoms with Gasteiger partial charge in [0.05, 0.1) is 0 Å². The first kappa shape index (κ1) is 26.9. The molecule has 2 aliphatic rings. The molecule has 0 spiro atoms. The van der Waals surface area contributed by atoms with E-state index >= 15 is 0 Å². The average molecular weight is 534 g/mol. The van der Waals surface area contributed by atoms with Crippen molar-refractivity contribution in [3.05, 3.63) is 68.7 Å². The molecule has 2 heterocycles. The van der Waals surface area contributed by atoms with Crippen molar-refractivity contribution in [2.75, 3.05) is 26.2 Å². The van der Waals surface area contributed by atoms with E-state index in [-0.39, 0.29) is 12.8 Å². The first-order chi connectivity index (χ1) is 17.1. The van der Waals surface area contributed by atoms with Gasteiger partial charge in [0.1, 0.15) is 17.2 Å². The summed E-state index contributed by atoms with van der Waals surface area (Å²) in [5.41, 5.74) is 8.28. The Bertz CT molecular complexity index is 1140. The lowest BCUT2D eigenvalue weighted by atomic mass is 9.91. The number of ether oxygens (including phenoxy) is 2. The van der Waals surface area contributed by atoms with E-state index in [1.165, 1.54) is 0 Å². The number of benzene rings is 2. The van der Waals surface area contributed by atoms with Crippen LogP contribution in [0.15, 0.2) is 36.4 Å². The van der Waals surface area contributed by atoms with Crippen molar-refractivity contribution in [1.29, 1.82) is 0 Å². The minimum Gasteiger partial charge on any atom is -0.453 e. The molecule has 0 fully saturated rings. The summed E-state index contributed by atoms with van der Waals surface area (Å²) in [5.74, 6) is -1.01. The number of carbonyl (C=O) groups is 2. The van der Waals surface area contributed by atoms with Crippen LogP contribution >= 0.6 is 23.2 Å². The molecule has 3 atom stereocenters. The predicted octanol–water partition coefficient (Wildman–Crippen LogP) is 3.61. The number of nitrogens with one attached hydrogen (secondary N) is 2. The number of esters is 2. The Kier molecular flexibility index (Phi) is 8.27. The maximum atomic E-state index is 13.0. The third-order valence-electron chi connectivity index (χ3n) is 6.98. The van der Waals surface area contributed by atoms with E-state index in [9.17, 15) is 9.59 Å². The van der Waals surface area contributed by atoms with Gasteiger partial charge in [0.25, 0.3) is 0 Å². The summed E-state index contributed by atoms with van der Waals surface area (Å²) in [6.45, 7) is 6.17. The number of hydrogen-bond acceptors (Lipinski definition) is 7. The molecule has 0 amide bonds. The second-order valence-corrected chi connectivity index (χ2v) is 10.8. The van der Waals surface area contributed by atoms with Gasteiger partial charge in [-0.05, 0) is 81.6 Å². The average Bonchev–Trinajstić information content (AvgIpc) is 3.09. The Morgan fingerprint density at radius 3 is 1.94 bits per heavy atom. The summed E-state index contributed by atoms with van der Waals surface area (Å²) in [6.07, 6.45) is 1.71. The van der Waals surface area contributed by atoms with Gasteiger partial charge in [-0.2, -0.15) is 0 Å². The van der Waals surface area contributed by atoms with Crippen LogP contribution in [0.3, 0.4) is 0 Å². The molecule has 2 aromatic carbocycles. The number of halogens is 2. The van der Waals surface area contributed by atoms with Crippen LogP contribution < -0.4 is 16.4 Å². The highest BCUT2D eigenvalue weighted by Gasteiger charge is 2.37.